The predicted octanol–water partition coefficient (Wildman–Crippen LogP) is 1.73. The van der Waals surface area contributed by atoms with E-state index in [2.05, 4.69) is 10.3 Å². The minimum Gasteiger partial charge on any atom is -0.385 e. The maximum absolute atomic E-state index is 12.9. The largest absolute Gasteiger partial charge is 0.385 e. The molecule has 7 heteroatoms. The second kappa shape index (κ2) is 8.11. The Labute approximate surface area is 147 Å². The number of imidazole rings is 1. The summed E-state index contributed by atoms with van der Waals surface area (Å²) in [6.07, 6.45) is 5.68. The van der Waals surface area contributed by atoms with Crippen molar-refractivity contribution in [2.75, 3.05) is 33.4 Å². The summed E-state index contributed by atoms with van der Waals surface area (Å²) >= 11 is 0. The zero-order valence-corrected chi connectivity index (χ0v) is 14.5. The fourth-order valence-electron chi connectivity index (χ4n) is 3.10. The van der Waals surface area contributed by atoms with E-state index in [4.69, 9.17) is 4.74 Å². The van der Waals surface area contributed by atoms with Crippen molar-refractivity contribution < 1.29 is 14.3 Å². The second-order valence-electron chi connectivity index (χ2n) is 6.20. The number of hydrogen-bond donors (Lipinski definition) is 1. The average molecular weight is 344 g/mol. The molecule has 134 valence electrons. The molecule has 0 aromatic carbocycles. The maximum Gasteiger partial charge on any atom is 0.287 e. The summed E-state index contributed by atoms with van der Waals surface area (Å²) in [4.78, 5) is 31.5. The van der Waals surface area contributed by atoms with E-state index in [1.54, 1.807) is 17.7 Å². The molecule has 1 fully saturated rings. The van der Waals surface area contributed by atoms with Crippen LogP contribution >= 0.6 is 0 Å². The van der Waals surface area contributed by atoms with E-state index in [0.29, 0.717) is 24.4 Å². The van der Waals surface area contributed by atoms with Crippen LogP contribution in [-0.2, 0) is 4.74 Å². The van der Waals surface area contributed by atoms with Crippen molar-refractivity contribution >= 4 is 17.3 Å². The zero-order chi connectivity index (χ0) is 17.6. The fourth-order valence-corrected chi connectivity index (χ4v) is 3.10. The molecule has 0 aliphatic carbocycles. The van der Waals surface area contributed by atoms with Crippen molar-refractivity contribution in [3.63, 3.8) is 0 Å². The highest BCUT2D eigenvalue weighted by atomic mass is 16.5. The number of fused-ring (bicyclic) bond motifs is 1. The molecule has 3 heterocycles. The number of ether oxygens (including phenoxy) is 1. The van der Waals surface area contributed by atoms with Gasteiger partial charge in [0.15, 0.2) is 5.69 Å². The summed E-state index contributed by atoms with van der Waals surface area (Å²) < 4.78 is 6.66. The van der Waals surface area contributed by atoms with Crippen molar-refractivity contribution in [1.82, 2.24) is 19.6 Å². The normalized spacial score (nSPS) is 14.7. The molecule has 0 bridgehead atoms. The molecule has 0 saturated carbocycles. The third kappa shape index (κ3) is 3.82. The lowest BCUT2D eigenvalue weighted by atomic mass is 10.1. The van der Waals surface area contributed by atoms with Gasteiger partial charge in [-0.05, 0) is 37.8 Å². The van der Waals surface area contributed by atoms with Gasteiger partial charge in [0.2, 0.25) is 5.82 Å². The van der Waals surface area contributed by atoms with Crippen LogP contribution < -0.4 is 5.32 Å². The SMILES string of the molecule is COCCCNC(=O)c1nc(C(=O)N2CCCCC2)c2ccccn12. The fraction of sp³-hybridized carbons (Fsp3) is 0.500. The predicted molar refractivity (Wildman–Crippen MR) is 93.8 cm³/mol. The Hall–Kier alpha value is -2.41. The van der Waals surface area contributed by atoms with E-state index in [9.17, 15) is 9.59 Å². The van der Waals surface area contributed by atoms with Crippen LogP contribution in [-0.4, -0.2) is 59.4 Å². The molecule has 0 radical (unpaired) electrons. The van der Waals surface area contributed by atoms with Crippen molar-refractivity contribution in [3.8, 4) is 0 Å². The molecular weight excluding hydrogens is 320 g/mol. The van der Waals surface area contributed by atoms with Crippen molar-refractivity contribution in [2.24, 2.45) is 0 Å². The van der Waals surface area contributed by atoms with E-state index >= 15 is 0 Å². The molecule has 2 aromatic rings. The summed E-state index contributed by atoms with van der Waals surface area (Å²) in [5.74, 6) is -0.134. The molecule has 3 rings (SSSR count). The highest BCUT2D eigenvalue weighted by Gasteiger charge is 2.25. The zero-order valence-electron chi connectivity index (χ0n) is 14.5. The van der Waals surface area contributed by atoms with E-state index in [1.807, 2.05) is 23.1 Å². The van der Waals surface area contributed by atoms with E-state index < -0.39 is 0 Å². The molecule has 2 amide bonds. The highest BCUT2D eigenvalue weighted by Crippen LogP contribution is 2.18. The summed E-state index contributed by atoms with van der Waals surface area (Å²) in [7, 11) is 1.63. The molecule has 0 unspecified atom stereocenters. The first-order valence-corrected chi connectivity index (χ1v) is 8.76. The topological polar surface area (TPSA) is 75.9 Å². The van der Waals surface area contributed by atoms with Gasteiger partial charge >= 0.3 is 0 Å². The molecule has 1 N–H and O–H groups in total. The Kier molecular flexibility index (Phi) is 5.65. The second-order valence-corrected chi connectivity index (χ2v) is 6.20. The quantitative estimate of drug-likeness (QED) is 0.810. The van der Waals surface area contributed by atoms with Crippen molar-refractivity contribution in [1.29, 1.82) is 0 Å². The number of carbonyl (C=O) groups excluding carboxylic acids is 2. The number of hydrogen-bond acceptors (Lipinski definition) is 4. The summed E-state index contributed by atoms with van der Waals surface area (Å²) in [5, 5.41) is 2.83. The van der Waals surface area contributed by atoms with E-state index in [0.717, 1.165) is 38.8 Å². The number of amides is 2. The number of methoxy groups -OCH3 is 1. The van der Waals surface area contributed by atoms with Crippen LogP contribution in [0.5, 0.6) is 0 Å². The van der Waals surface area contributed by atoms with Gasteiger partial charge in [0, 0.05) is 39.5 Å². The van der Waals surface area contributed by atoms with Gasteiger partial charge in [-0.2, -0.15) is 0 Å². The molecule has 1 aliphatic heterocycles. The Balaban J connectivity index is 1.84. The summed E-state index contributed by atoms with van der Waals surface area (Å²) in [5.41, 5.74) is 1.02. The van der Waals surface area contributed by atoms with Gasteiger partial charge in [-0.15, -0.1) is 0 Å². The lowest BCUT2D eigenvalue weighted by molar-refractivity contribution is 0.0721. The monoisotopic (exact) mass is 344 g/mol. The lowest BCUT2D eigenvalue weighted by Gasteiger charge is -2.25. The molecule has 25 heavy (non-hydrogen) atoms. The first-order valence-electron chi connectivity index (χ1n) is 8.76. The van der Waals surface area contributed by atoms with Gasteiger partial charge in [0.05, 0.1) is 5.52 Å². The van der Waals surface area contributed by atoms with Gasteiger partial charge in [0.25, 0.3) is 11.8 Å². The van der Waals surface area contributed by atoms with Gasteiger partial charge in [-0.1, -0.05) is 6.07 Å². The van der Waals surface area contributed by atoms with E-state index in [-0.39, 0.29) is 17.6 Å². The van der Waals surface area contributed by atoms with E-state index in [1.165, 1.54) is 0 Å². The molecular formula is C18H24N4O3. The molecule has 0 spiro atoms. The van der Waals surface area contributed by atoms with Gasteiger partial charge in [-0.3, -0.25) is 14.0 Å². The number of carbonyl (C=O) groups is 2. The van der Waals surface area contributed by atoms with Crippen LogP contribution in [0.15, 0.2) is 24.4 Å². The number of rotatable bonds is 6. The number of aromatic nitrogens is 2. The van der Waals surface area contributed by atoms with Gasteiger partial charge < -0.3 is 15.0 Å². The van der Waals surface area contributed by atoms with Gasteiger partial charge in [0.1, 0.15) is 0 Å². The Bertz CT molecular complexity index is 750. The lowest BCUT2D eigenvalue weighted by Crippen LogP contribution is -2.36. The molecule has 1 aliphatic rings. The maximum atomic E-state index is 12.9. The first kappa shape index (κ1) is 17.4. The number of likely N-dealkylation sites (tertiary alicyclic amines) is 1. The van der Waals surface area contributed by atoms with Crippen LogP contribution in [0.2, 0.25) is 0 Å². The van der Waals surface area contributed by atoms with Crippen LogP contribution in [0.4, 0.5) is 0 Å². The highest BCUT2D eigenvalue weighted by molar-refractivity contribution is 6.02. The third-order valence-corrected chi connectivity index (χ3v) is 4.41. The van der Waals surface area contributed by atoms with Crippen LogP contribution in [0.25, 0.3) is 5.52 Å². The molecule has 1 saturated heterocycles. The van der Waals surface area contributed by atoms with Crippen LogP contribution in [0.3, 0.4) is 0 Å². The molecule has 7 nitrogen and oxygen atoms in total. The van der Waals surface area contributed by atoms with Crippen molar-refractivity contribution in [3.05, 3.63) is 35.9 Å². The standard InChI is InChI=1S/C18H24N4O3/c1-25-13-7-9-19-17(23)16-20-15(14-8-3-6-12-22(14)16)18(24)21-10-4-2-5-11-21/h3,6,8,12H,2,4-5,7,9-11,13H2,1H3,(H,19,23). The number of nitrogens with zero attached hydrogens (tertiary/aromatic N) is 3. The number of pyridine rings is 1. The Morgan fingerprint density at radius 2 is 2.04 bits per heavy atom. The first-order chi connectivity index (χ1) is 12.2. The minimum atomic E-state index is -0.282. The number of nitrogens with one attached hydrogen (secondary N) is 1. The average Bonchev–Trinajstić information content (AvgIpc) is 3.05. The van der Waals surface area contributed by atoms with Crippen LogP contribution in [0.1, 0.15) is 46.8 Å². The van der Waals surface area contributed by atoms with Gasteiger partial charge in [-0.25, -0.2) is 4.98 Å². The molecule has 0 atom stereocenters. The summed E-state index contributed by atoms with van der Waals surface area (Å²) in [6.45, 7) is 2.59. The Morgan fingerprint density at radius 3 is 2.80 bits per heavy atom. The minimum absolute atomic E-state index is 0.0955. The summed E-state index contributed by atoms with van der Waals surface area (Å²) in [6, 6.07) is 5.50. The van der Waals surface area contributed by atoms with Crippen LogP contribution in [0, 0.1) is 0 Å². The third-order valence-electron chi connectivity index (χ3n) is 4.41. The number of piperidine rings is 1. The molecule has 2 aromatic heterocycles. The Morgan fingerprint density at radius 1 is 1.24 bits per heavy atom. The van der Waals surface area contributed by atoms with Crippen molar-refractivity contribution in [2.45, 2.75) is 25.7 Å². The smallest absolute Gasteiger partial charge is 0.287 e.